The topological polar surface area (TPSA) is 52.3 Å². The number of methoxy groups -OCH3 is 1. The van der Waals surface area contributed by atoms with Gasteiger partial charge in [0, 0.05) is 0 Å². The summed E-state index contributed by atoms with van der Waals surface area (Å²) in [7, 11) is 1.34. The minimum absolute atomic E-state index is 0.408. The van der Waals surface area contributed by atoms with Gasteiger partial charge in [0.1, 0.15) is 4.88 Å². The molecule has 0 saturated heterocycles. The molecule has 0 aliphatic carbocycles. The van der Waals surface area contributed by atoms with E-state index >= 15 is 0 Å². The van der Waals surface area contributed by atoms with Crippen molar-refractivity contribution in [1.29, 1.82) is 0 Å². The largest absolute Gasteiger partial charge is 0.465 e. The summed E-state index contributed by atoms with van der Waals surface area (Å²) < 4.78 is 4.69. The first-order valence-corrected chi connectivity index (χ1v) is 6.84. The van der Waals surface area contributed by atoms with Crippen LogP contribution in [0.4, 0.5) is 5.69 Å². The Morgan fingerprint density at radius 1 is 1.47 bits per heavy atom. The van der Waals surface area contributed by atoms with Crippen molar-refractivity contribution in [3.8, 4) is 9.75 Å². The second kappa shape index (κ2) is 4.68. The highest BCUT2D eigenvalue weighted by molar-refractivity contribution is 7.23. The molecule has 0 amide bonds. The summed E-state index contributed by atoms with van der Waals surface area (Å²) in [6, 6.07) is 1.83. The quantitative estimate of drug-likeness (QED) is 0.855. The van der Waals surface area contributed by atoms with E-state index in [0.717, 1.165) is 15.3 Å². The van der Waals surface area contributed by atoms with Crippen molar-refractivity contribution < 1.29 is 9.53 Å². The molecule has 2 N–H and O–H groups in total. The minimum atomic E-state index is -0.408. The van der Waals surface area contributed by atoms with Crippen molar-refractivity contribution >= 4 is 45.9 Å². The lowest BCUT2D eigenvalue weighted by Gasteiger charge is -1.97. The first kappa shape index (κ1) is 12.4. The van der Waals surface area contributed by atoms with Crippen LogP contribution in [0, 0.1) is 6.92 Å². The summed E-state index contributed by atoms with van der Waals surface area (Å²) >= 11 is 8.93. The Labute approximate surface area is 112 Å². The Morgan fingerprint density at radius 3 is 2.71 bits per heavy atom. The molecule has 17 heavy (non-hydrogen) atoms. The lowest BCUT2D eigenvalue weighted by molar-refractivity contribution is 0.0607. The molecule has 2 rings (SSSR count). The molecule has 2 aromatic heterocycles. The lowest BCUT2D eigenvalue weighted by Crippen LogP contribution is -2.01. The number of rotatable bonds is 2. The van der Waals surface area contributed by atoms with Crippen LogP contribution in [-0.2, 0) is 4.74 Å². The molecular weight excluding hydrogens is 278 g/mol. The molecule has 2 heterocycles. The summed E-state index contributed by atoms with van der Waals surface area (Å²) in [4.78, 5) is 13.8. The third-order valence-corrected chi connectivity index (χ3v) is 5.18. The third-order valence-electron chi connectivity index (χ3n) is 2.39. The van der Waals surface area contributed by atoms with E-state index in [4.69, 9.17) is 22.1 Å². The summed E-state index contributed by atoms with van der Waals surface area (Å²) in [5.74, 6) is -0.408. The van der Waals surface area contributed by atoms with Crippen LogP contribution in [0.5, 0.6) is 0 Å². The highest BCUT2D eigenvalue weighted by Crippen LogP contribution is 2.43. The molecule has 0 aromatic carbocycles. The number of nitrogens with two attached hydrogens (primary N) is 1. The van der Waals surface area contributed by atoms with Crippen molar-refractivity contribution in [3.05, 3.63) is 26.9 Å². The van der Waals surface area contributed by atoms with E-state index in [-0.39, 0.29) is 0 Å². The number of thiophene rings is 2. The first-order chi connectivity index (χ1) is 8.06. The molecular formula is C11H10ClNO2S2. The summed E-state index contributed by atoms with van der Waals surface area (Å²) in [6.07, 6.45) is 0. The molecule has 0 aliphatic rings. The van der Waals surface area contributed by atoms with Crippen LogP contribution in [0.3, 0.4) is 0 Å². The Bertz CT molecular complexity index is 574. The van der Waals surface area contributed by atoms with Crippen molar-refractivity contribution in [2.24, 2.45) is 0 Å². The van der Waals surface area contributed by atoms with Gasteiger partial charge in [-0.05, 0) is 23.9 Å². The average molecular weight is 288 g/mol. The zero-order chi connectivity index (χ0) is 12.6. The fraction of sp³-hybridized carbons (Fsp3) is 0.182. The monoisotopic (exact) mass is 287 g/mol. The predicted octanol–water partition coefficient (Wildman–Crippen LogP) is 3.81. The number of nitrogen functional groups attached to an aromatic ring is 1. The average Bonchev–Trinajstić information content (AvgIpc) is 2.85. The van der Waals surface area contributed by atoms with Gasteiger partial charge in [-0.1, -0.05) is 11.6 Å². The van der Waals surface area contributed by atoms with Crippen LogP contribution in [0.25, 0.3) is 9.75 Å². The molecule has 0 atom stereocenters. The van der Waals surface area contributed by atoms with Gasteiger partial charge in [-0.3, -0.25) is 0 Å². The van der Waals surface area contributed by atoms with E-state index < -0.39 is 5.97 Å². The Morgan fingerprint density at radius 2 is 2.18 bits per heavy atom. The maximum absolute atomic E-state index is 11.5. The molecule has 2 aromatic rings. The summed E-state index contributed by atoms with van der Waals surface area (Å²) in [5, 5.41) is 2.58. The number of halogens is 1. The number of ether oxygens (including phenoxy) is 1. The lowest BCUT2D eigenvalue weighted by atomic mass is 10.2. The van der Waals surface area contributed by atoms with Gasteiger partial charge in [0.05, 0.1) is 27.6 Å². The Balaban J connectivity index is 2.58. The molecule has 0 saturated carbocycles. The number of esters is 1. The Kier molecular flexibility index (Phi) is 3.42. The number of carbonyl (C=O) groups is 1. The van der Waals surface area contributed by atoms with Crippen LogP contribution in [0.2, 0.25) is 5.02 Å². The van der Waals surface area contributed by atoms with Gasteiger partial charge in [-0.2, -0.15) is 0 Å². The summed E-state index contributed by atoms with van der Waals surface area (Å²) in [6.45, 7) is 1.88. The van der Waals surface area contributed by atoms with E-state index in [1.54, 1.807) is 0 Å². The minimum Gasteiger partial charge on any atom is -0.465 e. The molecule has 0 unspecified atom stereocenters. The van der Waals surface area contributed by atoms with Gasteiger partial charge >= 0.3 is 5.97 Å². The van der Waals surface area contributed by atoms with Crippen molar-refractivity contribution in [2.75, 3.05) is 12.8 Å². The fourth-order valence-corrected chi connectivity index (χ4v) is 4.01. The molecule has 0 fully saturated rings. The van der Waals surface area contributed by atoms with Crippen LogP contribution < -0.4 is 5.73 Å². The van der Waals surface area contributed by atoms with Gasteiger partial charge in [0.25, 0.3) is 0 Å². The molecule has 0 aliphatic heterocycles. The highest BCUT2D eigenvalue weighted by Gasteiger charge is 2.21. The van der Waals surface area contributed by atoms with Crippen LogP contribution in [0.1, 0.15) is 15.2 Å². The van der Waals surface area contributed by atoms with Crippen LogP contribution >= 0.6 is 34.3 Å². The van der Waals surface area contributed by atoms with Crippen molar-refractivity contribution in [1.82, 2.24) is 0 Å². The third kappa shape index (κ3) is 2.06. The van der Waals surface area contributed by atoms with Gasteiger partial charge in [-0.15, -0.1) is 22.7 Å². The molecule has 0 spiro atoms. The SMILES string of the molecule is COC(=O)c1sc(-c2sccc2Cl)c(C)c1N. The van der Waals surface area contributed by atoms with E-state index in [1.165, 1.54) is 29.8 Å². The standard InChI is InChI=1S/C11H10ClNO2S2/c1-5-7(13)10(11(14)15-2)17-8(5)9-6(12)3-4-16-9/h3-4H,13H2,1-2H3. The highest BCUT2D eigenvalue weighted by atomic mass is 35.5. The number of anilines is 1. The smallest absolute Gasteiger partial charge is 0.350 e. The maximum atomic E-state index is 11.5. The second-order valence-electron chi connectivity index (χ2n) is 3.39. The zero-order valence-electron chi connectivity index (χ0n) is 9.24. The molecule has 90 valence electrons. The molecule has 0 bridgehead atoms. The normalized spacial score (nSPS) is 10.5. The van der Waals surface area contributed by atoms with Crippen molar-refractivity contribution in [2.45, 2.75) is 6.92 Å². The molecule has 0 radical (unpaired) electrons. The fourth-order valence-electron chi connectivity index (χ4n) is 1.44. The summed E-state index contributed by atoms with van der Waals surface area (Å²) in [5.41, 5.74) is 7.26. The van der Waals surface area contributed by atoms with Crippen LogP contribution in [-0.4, -0.2) is 13.1 Å². The van der Waals surface area contributed by atoms with Gasteiger partial charge < -0.3 is 10.5 Å². The molecule has 6 heteroatoms. The van der Waals surface area contributed by atoms with Crippen molar-refractivity contribution in [3.63, 3.8) is 0 Å². The van der Waals surface area contributed by atoms with E-state index in [0.29, 0.717) is 15.6 Å². The van der Waals surface area contributed by atoms with Gasteiger partial charge in [0.15, 0.2) is 0 Å². The number of hydrogen-bond acceptors (Lipinski definition) is 5. The van der Waals surface area contributed by atoms with E-state index in [9.17, 15) is 4.79 Å². The zero-order valence-corrected chi connectivity index (χ0v) is 11.6. The first-order valence-electron chi connectivity index (χ1n) is 4.76. The second-order valence-corrected chi connectivity index (χ2v) is 5.73. The maximum Gasteiger partial charge on any atom is 0.350 e. The molecule has 3 nitrogen and oxygen atoms in total. The number of hydrogen-bond donors (Lipinski definition) is 1. The predicted molar refractivity (Wildman–Crippen MR) is 73.1 cm³/mol. The van der Waals surface area contributed by atoms with Crippen LogP contribution in [0.15, 0.2) is 11.4 Å². The van der Waals surface area contributed by atoms with Gasteiger partial charge in [-0.25, -0.2) is 4.79 Å². The Hall–Kier alpha value is -1.04. The number of carbonyl (C=O) groups excluding carboxylic acids is 1. The van der Waals surface area contributed by atoms with E-state index in [2.05, 4.69) is 0 Å². The van der Waals surface area contributed by atoms with Gasteiger partial charge in [0.2, 0.25) is 0 Å². The van der Waals surface area contributed by atoms with E-state index in [1.807, 2.05) is 18.4 Å².